The number of furan rings is 1. The quantitative estimate of drug-likeness (QED) is 0.184. The van der Waals surface area contributed by atoms with Crippen molar-refractivity contribution in [2.45, 2.75) is 26.9 Å². The van der Waals surface area contributed by atoms with Crippen LogP contribution in [0, 0.1) is 19.7 Å². The molecule has 1 aliphatic heterocycles. The Morgan fingerprint density at radius 2 is 1.61 bits per heavy atom. The highest BCUT2D eigenvalue weighted by Crippen LogP contribution is 2.41. The Kier molecular flexibility index (Phi) is 4.27. The summed E-state index contributed by atoms with van der Waals surface area (Å²) in [5.41, 5.74) is 8.42. The Morgan fingerprint density at radius 1 is 0.806 bits per heavy atom. The molecule has 0 bridgehead atoms. The van der Waals surface area contributed by atoms with E-state index in [1.807, 2.05) is 18.2 Å². The molecule has 0 unspecified atom stereocenters. The number of pyridine rings is 1. The second-order valence-corrected chi connectivity index (χ2v) is 15.0. The molecule has 7 rings (SSSR count). The molecule has 0 spiro atoms. The minimum atomic E-state index is -2.10. The molecule has 36 heavy (non-hydrogen) atoms. The van der Waals surface area contributed by atoms with Gasteiger partial charge in [-0.05, 0) is 70.6 Å². The predicted octanol–water partition coefficient (Wildman–Crippen LogP) is 6.79. The van der Waals surface area contributed by atoms with Crippen LogP contribution in [0.1, 0.15) is 11.1 Å². The van der Waals surface area contributed by atoms with Crippen LogP contribution in [0.3, 0.4) is 0 Å². The van der Waals surface area contributed by atoms with E-state index in [1.165, 1.54) is 32.3 Å². The van der Waals surface area contributed by atoms with Gasteiger partial charge in [0, 0.05) is 22.4 Å². The Bertz CT molecular complexity index is 1910. The number of halogens is 1. The maximum absolute atomic E-state index is 15.1. The van der Waals surface area contributed by atoms with Gasteiger partial charge < -0.3 is 4.42 Å². The number of aromatic nitrogens is 1. The van der Waals surface area contributed by atoms with E-state index < -0.39 is 8.07 Å². The van der Waals surface area contributed by atoms with Crippen molar-refractivity contribution in [3.8, 4) is 22.4 Å². The molecular formula is C32H27FNOSi+. The zero-order valence-corrected chi connectivity index (χ0v) is 22.2. The lowest BCUT2D eigenvalue weighted by Gasteiger charge is -2.21. The molecule has 176 valence electrons. The summed E-state index contributed by atoms with van der Waals surface area (Å²) in [6.45, 7) is 9.06. The summed E-state index contributed by atoms with van der Waals surface area (Å²) < 4.78 is 23.8. The van der Waals surface area contributed by atoms with E-state index in [9.17, 15) is 0 Å². The largest absolute Gasteiger partial charge is 0.455 e. The number of fused-ring (bicyclic) bond motifs is 8. The third-order valence-electron chi connectivity index (χ3n) is 8.32. The molecule has 1 aliphatic rings. The van der Waals surface area contributed by atoms with E-state index in [0.717, 1.165) is 44.3 Å². The van der Waals surface area contributed by atoms with Crippen molar-refractivity contribution in [1.29, 1.82) is 0 Å². The second kappa shape index (κ2) is 7.14. The van der Waals surface area contributed by atoms with E-state index in [-0.39, 0.29) is 5.82 Å². The van der Waals surface area contributed by atoms with Crippen LogP contribution in [0.25, 0.3) is 55.1 Å². The van der Waals surface area contributed by atoms with Crippen molar-refractivity contribution in [3.05, 3.63) is 89.9 Å². The number of hydrogen-bond acceptors (Lipinski definition) is 1. The smallest absolute Gasteiger partial charge is 0.224 e. The first-order chi connectivity index (χ1) is 17.3. The molecule has 0 saturated heterocycles. The van der Waals surface area contributed by atoms with Gasteiger partial charge in [-0.15, -0.1) is 0 Å². The first-order valence-corrected chi connectivity index (χ1v) is 15.5. The highest BCUT2D eigenvalue weighted by molar-refractivity contribution is 7.05. The summed E-state index contributed by atoms with van der Waals surface area (Å²) in [5.74, 6) is -0.119. The summed E-state index contributed by atoms with van der Waals surface area (Å²) in [6.07, 6.45) is 2.15. The van der Waals surface area contributed by atoms with Gasteiger partial charge in [0.15, 0.2) is 6.20 Å². The Hall–Kier alpha value is -3.76. The lowest BCUT2D eigenvalue weighted by Crippen LogP contribution is -2.49. The van der Waals surface area contributed by atoms with Crippen molar-refractivity contribution >= 4 is 51.2 Å². The fourth-order valence-corrected chi connectivity index (χ4v) is 9.90. The van der Waals surface area contributed by atoms with Gasteiger partial charge in [-0.3, -0.25) is 0 Å². The monoisotopic (exact) mass is 488 g/mol. The number of benzene rings is 4. The first kappa shape index (κ1) is 21.5. The van der Waals surface area contributed by atoms with E-state index in [1.54, 1.807) is 6.07 Å². The minimum Gasteiger partial charge on any atom is -0.455 e. The lowest BCUT2D eigenvalue weighted by molar-refractivity contribution is -0.659. The van der Waals surface area contributed by atoms with Crippen molar-refractivity contribution < 1.29 is 13.4 Å². The zero-order chi connectivity index (χ0) is 24.9. The highest BCUT2D eigenvalue weighted by Gasteiger charge is 2.41. The number of hydrogen-bond donors (Lipinski definition) is 0. The lowest BCUT2D eigenvalue weighted by atomic mass is 9.93. The van der Waals surface area contributed by atoms with Crippen molar-refractivity contribution in [1.82, 2.24) is 0 Å². The number of aryl methyl sites for hydroxylation is 2. The molecule has 0 atom stereocenters. The number of nitrogens with zero attached hydrogens (tertiary/aromatic N) is 1. The van der Waals surface area contributed by atoms with Gasteiger partial charge >= 0.3 is 0 Å². The molecule has 3 heterocycles. The van der Waals surface area contributed by atoms with Gasteiger partial charge in [-0.1, -0.05) is 49.5 Å². The third kappa shape index (κ3) is 2.62. The molecule has 0 aliphatic carbocycles. The topological polar surface area (TPSA) is 17.0 Å². The van der Waals surface area contributed by atoms with E-state index >= 15 is 4.39 Å². The predicted molar refractivity (Wildman–Crippen MR) is 149 cm³/mol. The van der Waals surface area contributed by atoms with Crippen molar-refractivity contribution in [2.24, 2.45) is 7.05 Å². The van der Waals surface area contributed by atoms with Crippen molar-refractivity contribution in [3.63, 3.8) is 0 Å². The van der Waals surface area contributed by atoms with E-state index in [2.05, 4.69) is 87.2 Å². The first-order valence-electron chi connectivity index (χ1n) is 12.5. The Balaban J connectivity index is 1.63. The molecule has 0 saturated carbocycles. The molecule has 0 radical (unpaired) electrons. The molecule has 4 heteroatoms. The summed E-state index contributed by atoms with van der Waals surface area (Å²) in [7, 11) is 0.0106. The van der Waals surface area contributed by atoms with Crippen LogP contribution < -0.4 is 14.9 Å². The SMILES string of the molecule is Cc1cc2c(oc3ccccc32)c(-c2c3ccc4c(c3cc[n+]2C)[Si](C)(C)c2cccc(F)c2-4)c1C. The van der Waals surface area contributed by atoms with Gasteiger partial charge in [0.25, 0.3) is 0 Å². The summed E-state index contributed by atoms with van der Waals surface area (Å²) in [5, 5.41) is 7.20. The average Bonchev–Trinajstić information content (AvgIpc) is 3.34. The maximum Gasteiger partial charge on any atom is 0.224 e. The normalized spacial score (nSPS) is 14.1. The van der Waals surface area contributed by atoms with Crippen LogP contribution in [-0.2, 0) is 7.05 Å². The van der Waals surface area contributed by atoms with Crippen LogP contribution in [0.4, 0.5) is 4.39 Å². The average molecular weight is 489 g/mol. The van der Waals surface area contributed by atoms with Gasteiger partial charge in [-0.2, -0.15) is 0 Å². The van der Waals surface area contributed by atoms with Gasteiger partial charge in [0.1, 0.15) is 32.1 Å². The van der Waals surface area contributed by atoms with E-state index in [4.69, 9.17) is 4.42 Å². The minimum absolute atomic E-state index is 0.119. The van der Waals surface area contributed by atoms with Crippen LogP contribution in [0.2, 0.25) is 13.1 Å². The summed E-state index contributed by atoms with van der Waals surface area (Å²) in [6, 6.07) is 22.6. The molecule has 0 N–H and O–H groups in total. The van der Waals surface area contributed by atoms with Crippen LogP contribution >= 0.6 is 0 Å². The summed E-state index contributed by atoms with van der Waals surface area (Å²) in [4.78, 5) is 0. The van der Waals surface area contributed by atoms with Crippen LogP contribution in [-0.4, -0.2) is 8.07 Å². The molecule has 4 aromatic carbocycles. The standard InChI is InChI=1S/C32H27FNOSi/c1-18-17-24-20-9-6-7-11-26(20)35-31(24)28(19(18)2)30-21-13-14-23-29-25(33)10-8-12-27(29)36(4,5)32(23)22(21)15-16-34(30)3/h6-17H,1-5H3/q+1. The fourth-order valence-electron chi connectivity index (χ4n) is 6.47. The van der Waals surface area contributed by atoms with Crippen LogP contribution in [0.5, 0.6) is 0 Å². The molecule has 2 nitrogen and oxygen atoms in total. The molecule has 0 amide bonds. The Labute approximate surface area is 210 Å². The molecule has 2 aromatic heterocycles. The molecule has 6 aromatic rings. The number of rotatable bonds is 1. The van der Waals surface area contributed by atoms with Crippen LogP contribution in [0.15, 0.2) is 77.3 Å². The Morgan fingerprint density at radius 3 is 2.44 bits per heavy atom. The summed E-state index contributed by atoms with van der Waals surface area (Å²) >= 11 is 0. The van der Waals surface area contributed by atoms with Gasteiger partial charge in [0.05, 0.1) is 10.9 Å². The van der Waals surface area contributed by atoms with Gasteiger partial charge in [-0.25, -0.2) is 8.96 Å². The molecular weight excluding hydrogens is 461 g/mol. The third-order valence-corrected chi connectivity index (χ3v) is 11.9. The highest BCUT2D eigenvalue weighted by atomic mass is 28.3. The van der Waals surface area contributed by atoms with Crippen molar-refractivity contribution in [2.75, 3.05) is 0 Å². The second-order valence-electron chi connectivity index (χ2n) is 10.7. The number of para-hydroxylation sites is 1. The zero-order valence-electron chi connectivity index (χ0n) is 21.2. The molecule has 0 fully saturated rings. The fraction of sp³-hybridized carbons (Fsp3) is 0.156. The van der Waals surface area contributed by atoms with E-state index in [0.29, 0.717) is 0 Å². The maximum atomic E-state index is 15.1. The van der Waals surface area contributed by atoms with Gasteiger partial charge in [0.2, 0.25) is 5.69 Å².